The summed E-state index contributed by atoms with van der Waals surface area (Å²) < 4.78 is 10.5. The lowest BCUT2D eigenvalue weighted by atomic mass is 10.1. The summed E-state index contributed by atoms with van der Waals surface area (Å²) in [6, 6.07) is 11.8. The molecular weight excluding hydrogens is 360 g/mol. The lowest BCUT2D eigenvalue weighted by Gasteiger charge is -2.18. The number of amides is 2. The van der Waals surface area contributed by atoms with E-state index in [0.29, 0.717) is 22.7 Å². The van der Waals surface area contributed by atoms with Gasteiger partial charge in [0.25, 0.3) is 5.91 Å². The number of ether oxygens (including phenoxy) is 2. The second-order valence-corrected chi connectivity index (χ2v) is 6.29. The molecular formula is C21H24N2O5. The average molecular weight is 384 g/mol. The summed E-state index contributed by atoms with van der Waals surface area (Å²) in [7, 11) is 6.16. The monoisotopic (exact) mass is 384 g/mol. The van der Waals surface area contributed by atoms with Gasteiger partial charge in [0.05, 0.1) is 25.5 Å². The number of anilines is 1. The van der Waals surface area contributed by atoms with E-state index in [9.17, 15) is 14.4 Å². The van der Waals surface area contributed by atoms with Crippen molar-refractivity contribution in [2.75, 3.05) is 33.6 Å². The maximum absolute atomic E-state index is 12.5. The summed E-state index contributed by atoms with van der Waals surface area (Å²) >= 11 is 0. The van der Waals surface area contributed by atoms with Crippen LogP contribution in [0.2, 0.25) is 0 Å². The summed E-state index contributed by atoms with van der Waals surface area (Å²) in [6.45, 7) is 0. The lowest BCUT2D eigenvalue weighted by Crippen LogP contribution is -2.24. The molecule has 2 amide bonds. The molecule has 2 aromatic rings. The zero-order valence-corrected chi connectivity index (χ0v) is 16.4. The standard InChI is InChI=1S/C21H24N2O5/c1-23(2)21(26)15-12-18(27-3)19(28-4)13-16(15)22-20(25)11-10-17(24)14-8-6-5-7-9-14/h5-9,12-13H,10-11H2,1-4H3,(H,22,25). The maximum Gasteiger partial charge on any atom is 0.255 e. The second kappa shape index (κ2) is 9.55. The zero-order valence-electron chi connectivity index (χ0n) is 16.4. The summed E-state index contributed by atoms with van der Waals surface area (Å²) in [5.41, 5.74) is 1.13. The average Bonchev–Trinajstić information content (AvgIpc) is 2.71. The molecule has 148 valence electrons. The van der Waals surface area contributed by atoms with Crippen molar-refractivity contribution >= 4 is 23.3 Å². The predicted octanol–water partition coefficient (Wildman–Crippen LogP) is 3.01. The second-order valence-electron chi connectivity index (χ2n) is 6.29. The molecule has 0 atom stereocenters. The first-order valence-electron chi connectivity index (χ1n) is 8.73. The van der Waals surface area contributed by atoms with Crippen LogP contribution in [0.15, 0.2) is 42.5 Å². The molecule has 2 rings (SSSR count). The number of nitrogens with zero attached hydrogens (tertiary/aromatic N) is 1. The smallest absolute Gasteiger partial charge is 0.255 e. The van der Waals surface area contributed by atoms with Crippen molar-refractivity contribution in [2.24, 2.45) is 0 Å². The number of hydrogen-bond donors (Lipinski definition) is 1. The Kier molecular flexibility index (Phi) is 7.14. The number of carbonyl (C=O) groups excluding carboxylic acids is 3. The molecule has 7 nitrogen and oxygen atoms in total. The molecule has 0 unspecified atom stereocenters. The van der Waals surface area contributed by atoms with Gasteiger partial charge in [-0.2, -0.15) is 0 Å². The molecule has 0 saturated carbocycles. The summed E-state index contributed by atoms with van der Waals surface area (Å²) in [5, 5.41) is 2.70. The minimum atomic E-state index is -0.371. The molecule has 0 aromatic heterocycles. The van der Waals surface area contributed by atoms with E-state index in [1.807, 2.05) is 6.07 Å². The van der Waals surface area contributed by atoms with Gasteiger partial charge < -0.3 is 19.7 Å². The Morgan fingerprint density at radius 3 is 2.11 bits per heavy atom. The van der Waals surface area contributed by atoms with E-state index < -0.39 is 0 Å². The van der Waals surface area contributed by atoms with E-state index in [-0.39, 0.29) is 36.0 Å². The lowest BCUT2D eigenvalue weighted by molar-refractivity contribution is -0.116. The SMILES string of the molecule is COc1cc(NC(=O)CCC(=O)c2ccccc2)c(C(=O)N(C)C)cc1OC. The molecule has 0 heterocycles. The van der Waals surface area contributed by atoms with Gasteiger partial charge >= 0.3 is 0 Å². The third-order valence-corrected chi connectivity index (χ3v) is 4.11. The molecule has 2 aromatic carbocycles. The molecule has 7 heteroatoms. The number of nitrogens with one attached hydrogen (secondary N) is 1. The Balaban J connectivity index is 2.17. The Morgan fingerprint density at radius 2 is 1.54 bits per heavy atom. The van der Waals surface area contributed by atoms with Crippen LogP contribution in [0.5, 0.6) is 11.5 Å². The van der Waals surface area contributed by atoms with Crippen LogP contribution in [-0.4, -0.2) is 50.8 Å². The van der Waals surface area contributed by atoms with Crippen LogP contribution in [0.25, 0.3) is 0 Å². The Labute approximate surface area is 164 Å². The highest BCUT2D eigenvalue weighted by molar-refractivity contribution is 6.05. The number of ketones is 1. The third-order valence-electron chi connectivity index (χ3n) is 4.11. The van der Waals surface area contributed by atoms with E-state index in [1.54, 1.807) is 38.4 Å². The van der Waals surface area contributed by atoms with Crippen molar-refractivity contribution in [3.63, 3.8) is 0 Å². The van der Waals surface area contributed by atoms with Crippen molar-refractivity contribution in [1.29, 1.82) is 0 Å². The molecule has 0 spiro atoms. The quantitative estimate of drug-likeness (QED) is 0.707. The first-order valence-corrected chi connectivity index (χ1v) is 8.73. The van der Waals surface area contributed by atoms with Gasteiger partial charge in [0, 0.05) is 38.6 Å². The van der Waals surface area contributed by atoms with E-state index in [2.05, 4.69) is 5.32 Å². The normalized spacial score (nSPS) is 10.1. The molecule has 0 bridgehead atoms. The van der Waals surface area contributed by atoms with Crippen LogP contribution >= 0.6 is 0 Å². The van der Waals surface area contributed by atoms with Crippen LogP contribution in [0.3, 0.4) is 0 Å². The molecule has 0 aliphatic carbocycles. The first kappa shape index (κ1) is 21.0. The first-order chi connectivity index (χ1) is 13.4. The minimum absolute atomic E-state index is 0.00231. The number of benzene rings is 2. The molecule has 0 radical (unpaired) electrons. The zero-order chi connectivity index (χ0) is 20.7. The fourth-order valence-corrected chi connectivity index (χ4v) is 2.61. The number of rotatable bonds is 8. The van der Waals surface area contributed by atoms with Gasteiger partial charge in [-0.05, 0) is 6.07 Å². The highest BCUT2D eigenvalue weighted by atomic mass is 16.5. The number of hydrogen-bond acceptors (Lipinski definition) is 5. The number of carbonyl (C=O) groups is 3. The number of Topliss-reactive ketones (excluding diaryl/α,β-unsaturated/α-hetero) is 1. The van der Waals surface area contributed by atoms with Gasteiger partial charge in [0.15, 0.2) is 17.3 Å². The van der Waals surface area contributed by atoms with Gasteiger partial charge in [-0.15, -0.1) is 0 Å². The van der Waals surface area contributed by atoms with Crippen molar-refractivity contribution < 1.29 is 23.9 Å². The maximum atomic E-state index is 12.5. The summed E-state index contributed by atoms with van der Waals surface area (Å²) in [5.74, 6) is -0.0213. The molecule has 1 N–H and O–H groups in total. The summed E-state index contributed by atoms with van der Waals surface area (Å²) in [6.07, 6.45) is 0.0672. The van der Waals surface area contributed by atoms with Gasteiger partial charge in [-0.25, -0.2) is 0 Å². The van der Waals surface area contributed by atoms with E-state index in [1.165, 1.54) is 31.3 Å². The van der Waals surface area contributed by atoms with Crippen molar-refractivity contribution in [3.8, 4) is 11.5 Å². The molecule has 0 saturated heterocycles. The Bertz CT molecular complexity index is 863. The molecule has 0 aliphatic rings. The highest BCUT2D eigenvalue weighted by Gasteiger charge is 2.20. The van der Waals surface area contributed by atoms with Crippen LogP contribution in [-0.2, 0) is 4.79 Å². The topological polar surface area (TPSA) is 84.9 Å². The van der Waals surface area contributed by atoms with Crippen LogP contribution < -0.4 is 14.8 Å². The predicted molar refractivity (Wildman–Crippen MR) is 106 cm³/mol. The fourth-order valence-electron chi connectivity index (χ4n) is 2.61. The van der Waals surface area contributed by atoms with Crippen LogP contribution in [0.4, 0.5) is 5.69 Å². The van der Waals surface area contributed by atoms with Crippen molar-refractivity contribution in [3.05, 3.63) is 53.6 Å². The van der Waals surface area contributed by atoms with Crippen LogP contribution in [0, 0.1) is 0 Å². The Hall–Kier alpha value is -3.35. The third kappa shape index (κ3) is 5.09. The van der Waals surface area contributed by atoms with Gasteiger partial charge in [0.1, 0.15) is 0 Å². The van der Waals surface area contributed by atoms with E-state index in [0.717, 1.165) is 0 Å². The van der Waals surface area contributed by atoms with Crippen molar-refractivity contribution in [2.45, 2.75) is 12.8 Å². The van der Waals surface area contributed by atoms with Gasteiger partial charge in [-0.1, -0.05) is 30.3 Å². The highest BCUT2D eigenvalue weighted by Crippen LogP contribution is 2.34. The van der Waals surface area contributed by atoms with Crippen molar-refractivity contribution in [1.82, 2.24) is 4.90 Å². The van der Waals surface area contributed by atoms with Gasteiger partial charge in [0.2, 0.25) is 5.91 Å². The van der Waals surface area contributed by atoms with Gasteiger partial charge in [-0.3, -0.25) is 14.4 Å². The van der Waals surface area contributed by atoms with E-state index >= 15 is 0 Å². The Morgan fingerprint density at radius 1 is 0.929 bits per heavy atom. The largest absolute Gasteiger partial charge is 0.493 e. The molecule has 0 aliphatic heterocycles. The number of methoxy groups -OCH3 is 2. The van der Waals surface area contributed by atoms with Crippen LogP contribution in [0.1, 0.15) is 33.6 Å². The molecule has 0 fully saturated rings. The minimum Gasteiger partial charge on any atom is -0.493 e. The molecule has 28 heavy (non-hydrogen) atoms. The fraction of sp³-hybridized carbons (Fsp3) is 0.286. The summed E-state index contributed by atoms with van der Waals surface area (Å²) in [4.78, 5) is 38.4. The van der Waals surface area contributed by atoms with E-state index in [4.69, 9.17) is 9.47 Å².